The van der Waals surface area contributed by atoms with Gasteiger partial charge in [0.1, 0.15) is 11.4 Å². The molecule has 0 bridgehead atoms. The third-order valence-electron chi connectivity index (χ3n) is 6.06. The van der Waals surface area contributed by atoms with Gasteiger partial charge in [-0.1, -0.05) is 36.4 Å². The fraction of sp³-hybridized carbons (Fsp3) is 0. The zero-order chi connectivity index (χ0) is 32.0. The molecule has 0 fully saturated rings. The molecule has 0 aliphatic carbocycles. The van der Waals surface area contributed by atoms with Crippen LogP contribution < -0.4 is 10.6 Å². The van der Waals surface area contributed by atoms with Crippen LogP contribution in [0.4, 0.5) is 34.1 Å². The van der Waals surface area contributed by atoms with Crippen molar-refractivity contribution in [1.29, 1.82) is 0 Å². The number of fused-ring (bicyclic) bond motifs is 2. The summed E-state index contributed by atoms with van der Waals surface area (Å²) >= 11 is 11.4. The van der Waals surface area contributed by atoms with E-state index in [9.17, 15) is 29.8 Å². The van der Waals surface area contributed by atoms with E-state index in [1.54, 1.807) is 48.5 Å². The number of nitrogens with one attached hydrogen (secondary N) is 2. The van der Waals surface area contributed by atoms with E-state index in [4.69, 9.17) is 28.9 Å². The van der Waals surface area contributed by atoms with Gasteiger partial charge in [-0.2, -0.15) is 0 Å². The Morgan fingerprint density at radius 2 is 0.978 bits per heavy atom. The first kappa shape index (κ1) is 34.6. The number of carbonyl (C=O) groups excluding carboxylic acids is 2. The summed E-state index contributed by atoms with van der Waals surface area (Å²) in [7, 11) is 0. The van der Waals surface area contributed by atoms with Crippen LogP contribution in [0, 0.1) is 20.2 Å². The summed E-state index contributed by atoms with van der Waals surface area (Å²) in [6.45, 7) is 0. The van der Waals surface area contributed by atoms with Gasteiger partial charge < -0.3 is 35.9 Å². The van der Waals surface area contributed by atoms with Gasteiger partial charge in [-0.15, -0.1) is 22.2 Å². The van der Waals surface area contributed by atoms with Gasteiger partial charge in [-0.3, -0.25) is 29.8 Å². The molecule has 0 aromatic heterocycles. The van der Waals surface area contributed by atoms with Crippen LogP contribution in [-0.4, -0.2) is 33.1 Å². The Bertz CT molecular complexity index is 1770. The van der Waals surface area contributed by atoms with Gasteiger partial charge >= 0.3 is 21.0 Å². The summed E-state index contributed by atoms with van der Waals surface area (Å²) in [6, 6.07) is 22.2. The Morgan fingerprint density at radius 3 is 1.31 bits per heavy atom. The molecular formula is C28H17ClN6O7S2V. The number of hydrogen-bond acceptors (Lipinski definition) is 11. The second-order valence-corrected chi connectivity index (χ2v) is 9.62. The van der Waals surface area contributed by atoms with Crippen molar-refractivity contribution in [3.63, 3.8) is 0 Å². The molecule has 0 spiro atoms. The van der Waals surface area contributed by atoms with Crippen LogP contribution in [-0.2, 0) is 55.9 Å². The molecule has 4 aromatic carbocycles. The van der Waals surface area contributed by atoms with Crippen LogP contribution in [0.15, 0.2) is 105 Å². The van der Waals surface area contributed by atoms with Crippen LogP contribution in [0.5, 0.6) is 0 Å². The van der Waals surface area contributed by atoms with Gasteiger partial charge in [0.15, 0.2) is 0 Å². The number of nitro groups is 2. The monoisotopic (exact) mass is 699 g/mol. The molecule has 0 saturated heterocycles. The summed E-state index contributed by atoms with van der Waals surface area (Å²) < 4.78 is 8.19. The van der Waals surface area contributed by atoms with Crippen molar-refractivity contribution in [2.75, 3.05) is 10.6 Å². The Kier molecular flexibility index (Phi) is 11.7. The van der Waals surface area contributed by atoms with Crippen molar-refractivity contribution in [3.8, 4) is 0 Å². The molecular weight excluding hydrogens is 683 g/mol. The van der Waals surface area contributed by atoms with E-state index in [2.05, 4.69) is 20.6 Å². The molecule has 0 unspecified atom stereocenters. The number of benzene rings is 4. The third kappa shape index (κ3) is 7.78. The normalized spacial score (nSPS) is 14.0. The molecule has 2 heterocycles. The fourth-order valence-corrected chi connectivity index (χ4v) is 4.46. The van der Waals surface area contributed by atoms with Gasteiger partial charge in [0, 0.05) is 46.8 Å². The predicted octanol–water partition coefficient (Wildman–Crippen LogP) is 5.45. The van der Waals surface area contributed by atoms with E-state index in [1.165, 1.54) is 36.4 Å². The average Bonchev–Trinajstić information content (AvgIpc) is 3.50. The van der Waals surface area contributed by atoms with Crippen LogP contribution in [0.25, 0.3) is 0 Å². The Balaban J connectivity index is 0.000000228. The van der Waals surface area contributed by atoms with E-state index in [0.29, 0.717) is 43.7 Å². The number of anilines is 2. The SMILES string of the molecule is Cl.O=C1Nc2ccc([N+](=O)[O-])cc2C1=Nc1ccccc1[S-].O=C1Nc2ccc([N+](=O)[O-])cc2C1=Nc1ccccc1[S-].[O]=[V+2]. The van der Waals surface area contributed by atoms with E-state index in [0.717, 1.165) is 17.4 Å². The van der Waals surface area contributed by atoms with Crippen LogP contribution in [0.3, 0.4) is 0 Å². The Morgan fingerprint density at radius 1 is 0.622 bits per heavy atom. The molecule has 2 amide bonds. The summed E-state index contributed by atoms with van der Waals surface area (Å²) in [5.41, 5.74) is 2.87. The summed E-state index contributed by atoms with van der Waals surface area (Å²) in [4.78, 5) is 54.2. The number of nitro benzene ring substituents is 2. The van der Waals surface area contributed by atoms with Crippen molar-refractivity contribution in [3.05, 3.63) is 116 Å². The number of para-hydroxylation sites is 2. The number of carbonyl (C=O) groups is 2. The minimum absolute atomic E-state index is 0. The first-order chi connectivity index (χ1) is 21.1. The first-order valence-corrected chi connectivity index (χ1v) is 13.6. The molecule has 0 radical (unpaired) electrons. The topological polar surface area (TPSA) is 186 Å². The molecule has 13 nitrogen and oxygen atoms in total. The Hall–Kier alpha value is -4.93. The Labute approximate surface area is 281 Å². The third-order valence-corrected chi connectivity index (χ3v) is 6.75. The number of non-ortho nitro benzene ring substituents is 2. The minimum atomic E-state index is -0.512. The number of nitrogens with zero attached hydrogens (tertiary/aromatic N) is 4. The quantitative estimate of drug-likeness (QED) is 0.159. The van der Waals surface area contributed by atoms with Crippen molar-refractivity contribution in [2.45, 2.75) is 9.79 Å². The molecule has 17 heteroatoms. The van der Waals surface area contributed by atoms with Gasteiger partial charge in [0.2, 0.25) is 0 Å². The number of hydrogen-bond donors (Lipinski definition) is 2. The van der Waals surface area contributed by atoms with E-state index in [1.807, 2.05) is 0 Å². The molecule has 2 aliphatic heterocycles. The molecule has 225 valence electrons. The number of aliphatic imine (C=N–C) groups is 2. The predicted molar refractivity (Wildman–Crippen MR) is 168 cm³/mol. The molecule has 6 rings (SSSR count). The molecule has 2 aliphatic rings. The van der Waals surface area contributed by atoms with E-state index >= 15 is 0 Å². The van der Waals surface area contributed by atoms with Crippen molar-refractivity contribution >= 4 is 95.0 Å². The second-order valence-electron chi connectivity index (χ2n) is 8.74. The molecule has 45 heavy (non-hydrogen) atoms. The average molecular weight is 700 g/mol. The summed E-state index contributed by atoms with van der Waals surface area (Å²) in [5, 5.41) is 26.9. The molecule has 4 aromatic rings. The second kappa shape index (κ2) is 15.2. The fourth-order valence-electron chi connectivity index (χ4n) is 4.07. The maximum atomic E-state index is 12.0. The number of amides is 2. The number of halogens is 1. The standard InChI is InChI=1S/2C14H9N3O3S.ClH.O.V/c2*18-14-13(15-11-3-1-2-4-12(11)21)9-7-8(17(19)20)5-6-10(9)16-14;;;/h2*1-7,21H,(H,15,16,18);1H;;/q;;;;+2/p-2. The molecule has 0 saturated carbocycles. The zero-order valence-corrected chi connectivity index (χ0v) is 26.2. The van der Waals surface area contributed by atoms with Crippen molar-refractivity contribution in [2.24, 2.45) is 9.98 Å². The summed E-state index contributed by atoms with van der Waals surface area (Å²) in [6.07, 6.45) is 0. The van der Waals surface area contributed by atoms with E-state index < -0.39 is 21.7 Å². The number of rotatable bonds is 4. The summed E-state index contributed by atoms with van der Waals surface area (Å²) in [5.74, 6) is -0.799. The van der Waals surface area contributed by atoms with Crippen LogP contribution in [0.1, 0.15) is 11.1 Å². The van der Waals surface area contributed by atoms with Crippen molar-refractivity contribution in [1.82, 2.24) is 0 Å². The maximum absolute atomic E-state index is 12.0. The zero-order valence-electron chi connectivity index (χ0n) is 22.4. The molecule has 2 N–H and O–H groups in total. The van der Waals surface area contributed by atoms with Gasteiger partial charge in [-0.25, -0.2) is 9.98 Å². The van der Waals surface area contributed by atoms with Crippen molar-refractivity contribution < 1.29 is 40.5 Å². The van der Waals surface area contributed by atoms with Crippen LogP contribution >= 0.6 is 12.4 Å². The van der Waals surface area contributed by atoms with Gasteiger partial charge in [-0.05, 0) is 24.3 Å². The van der Waals surface area contributed by atoms with Gasteiger partial charge in [0.25, 0.3) is 23.2 Å². The van der Waals surface area contributed by atoms with Crippen LogP contribution in [0.2, 0.25) is 0 Å². The van der Waals surface area contributed by atoms with E-state index in [-0.39, 0.29) is 35.2 Å². The van der Waals surface area contributed by atoms with Gasteiger partial charge in [0.05, 0.1) is 21.2 Å². The molecule has 0 atom stereocenters. The first-order valence-electron chi connectivity index (χ1n) is 12.2.